The number of nitrogens with two attached hydrogens (primary N) is 1. The van der Waals surface area contributed by atoms with Crippen LogP contribution in [-0.2, 0) is 13.2 Å². The van der Waals surface area contributed by atoms with E-state index >= 15 is 0 Å². The maximum atomic E-state index is 5.82. The Kier molecular flexibility index (Phi) is 4.79. The van der Waals surface area contributed by atoms with Crippen LogP contribution in [-0.4, -0.2) is 19.2 Å². The van der Waals surface area contributed by atoms with Crippen molar-refractivity contribution in [1.82, 2.24) is 4.98 Å². The molecule has 20 heavy (non-hydrogen) atoms. The van der Waals surface area contributed by atoms with Crippen LogP contribution >= 0.6 is 0 Å². The van der Waals surface area contributed by atoms with Crippen LogP contribution in [0.5, 0.6) is 17.4 Å². The molecule has 2 N–H and O–H groups in total. The van der Waals surface area contributed by atoms with Gasteiger partial charge in [-0.15, -0.1) is 0 Å². The first kappa shape index (κ1) is 14.1. The summed E-state index contributed by atoms with van der Waals surface area (Å²) < 4.78 is 16.2. The third-order valence-corrected chi connectivity index (χ3v) is 2.92. The second-order valence-corrected chi connectivity index (χ2v) is 4.14. The average Bonchev–Trinajstić information content (AvgIpc) is 2.52. The molecule has 2 aromatic rings. The van der Waals surface area contributed by atoms with Crippen LogP contribution in [0.2, 0.25) is 0 Å². The highest BCUT2D eigenvalue weighted by atomic mass is 16.5. The number of hydrogen-bond donors (Lipinski definition) is 1. The summed E-state index contributed by atoms with van der Waals surface area (Å²) in [5.74, 6) is 2.00. The van der Waals surface area contributed by atoms with Crippen LogP contribution in [0, 0.1) is 0 Å². The highest BCUT2D eigenvalue weighted by Gasteiger charge is 2.08. The molecule has 0 unspecified atom stereocenters. The number of pyridine rings is 1. The van der Waals surface area contributed by atoms with Crippen molar-refractivity contribution in [3.8, 4) is 17.4 Å². The van der Waals surface area contributed by atoms with Crippen molar-refractivity contribution in [1.29, 1.82) is 0 Å². The van der Waals surface area contributed by atoms with Crippen LogP contribution in [0.25, 0.3) is 0 Å². The molecule has 106 valence electrons. The molecule has 0 radical (unpaired) electrons. The van der Waals surface area contributed by atoms with E-state index in [1.165, 1.54) is 0 Å². The number of nitrogens with zero attached hydrogens (tertiary/aromatic N) is 1. The van der Waals surface area contributed by atoms with Gasteiger partial charge in [0.15, 0.2) is 0 Å². The third-order valence-electron chi connectivity index (χ3n) is 2.92. The lowest BCUT2D eigenvalue weighted by Gasteiger charge is -2.13. The van der Waals surface area contributed by atoms with Gasteiger partial charge in [-0.3, -0.25) is 0 Å². The minimum atomic E-state index is 0.358. The van der Waals surface area contributed by atoms with Crippen molar-refractivity contribution in [3.63, 3.8) is 0 Å². The Hall–Kier alpha value is -2.27. The van der Waals surface area contributed by atoms with Crippen LogP contribution in [0.15, 0.2) is 36.5 Å². The van der Waals surface area contributed by atoms with E-state index in [4.69, 9.17) is 19.9 Å². The smallest absolute Gasteiger partial charge is 0.219 e. The Morgan fingerprint density at radius 2 is 1.95 bits per heavy atom. The van der Waals surface area contributed by atoms with Crippen molar-refractivity contribution < 1.29 is 14.2 Å². The summed E-state index contributed by atoms with van der Waals surface area (Å²) in [7, 11) is 3.20. The van der Waals surface area contributed by atoms with Crippen molar-refractivity contribution in [2.45, 2.75) is 13.2 Å². The van der Waals surface area contributed by atoms with Gasteiger partial charge in [-0.2, -0.15) is 0 Å². The van der Waals surface area contributed by atoms with Gasteiger partial charge >= 0.3 is 0 Å². The molecular weight excluding hydrogens is 256 g/mol. The van der Waals surface area contributed by atoms with Crippen LogP contribution in [0.1, 0.15) is 11.1 Å². The SMILES string of the molecule is COc1ccc(CN)c(OCc2cccnc2OC)c1. The second kappa shape index (κ2) is 6.77. The van der Waals surface area contributed by atoms with Gasteiger partial charge in [-0.25, -0.2) is 4.98 Å². The zero-order valence-electron chi connectivity index (χ0n) is 11.6. The van der Waals surface area contributed by atoms with E-state index in [0.717, 1.165) is 16.9 Å². The van der Waals surface area contributed by atoms with E-state index < -0.39 is 0 Å². The van der Waals surface area contributed by atoms with Crippen LogP contribution in [0.3, 0.4) is 0 Å². The molecule has 0 bridgehead atoms. The minimum Gasteiger partial charge on any atom is -0.497 e. The fourth-order valence-corrected chi connectivity index (χ4v) is 1.84. The maximum absolute atomic E-state index is 5.82. The molecule has 0 atom stereocenters. The van der Waals surface area contributed by atoms with Crippen molar-refractivity contribution in [3.05, 3.63) is 47.7 Å². The van der Waals surface area contributed by atoms with Crippen molar-refractivity contribution >= 4 is 0 Å². The van der Waals surface area contributed by atoms with Gasteiger partial charge in [0.05, 0.1) is 19.8 Å². The lowest BCUT2D eigenvalue weighted by atomic mass is 10.2. The van der Waals surface area contributed by atoms with Gasteiger partial charge in [0, 0.05) is 24.4 Å². The highest BCUT2D eigenvalue weighted by molar-refractivity contribution is 5.41. The molecule has 0 saturated heterocycles. The normalized spacial score (nSPS) is 10.2. The van der Waals surface area contributed by atoms with E-state index in [-0.39, 0.29) is 0 Å². The highest BCUT2D eigenvalue weighted by Crippen LogP contribution is 2.26. The predicted octanol–water partition coefficient (Wildman–Crippen LogP) is 2.14. The number of benzene rings is 1. The first-order chi connectivity index (χ1) is 9.78. The Bertz CT molecular complexity index is 573. The van der Waals surface area contributed by atoms with E-state index in [1.54, 1.807) is 20.4 Å². The number of hydrogen-bond acceptors (Lipinski definition) is 5. The summed E-state index contributed by atoms with van der Waals surface area (Å²) in [5, 5.41) is 0. The Morgan fingerprint density at radius 3 is 2.65 bits per heavy atom. The number of rotatable bonds is 6. The van der Waals surface area contributed by atoms with Crippen molar-refractivity contribution in [2.75, 3.05) is 14.2 Å². The molecular formula is C15H18N2O3. The van der Waals surface area contributed by atoms with Gasteiger partial charge in [0.1, 0.15) is 18.1 Å². The molecule has 0 saturated carbocycles. The van der Waals surface area contributed by atoms with E-state index in [1.807, 2.05) is 30.3 Å². The molecule has 0 fully saturated rings. The summed E-state index contributed by atoms with van der Waals surface area (Å²) in [5.41, 5.74) is 7.51. The summed E-state index contributed by atoms with van der Waals surface area (Å²) in [6.07, 6.45) is 1.68. The first-order valence-electron chi connectivity index (χ1n) is 6.26. The van der Waals surface area contributed by atoms with Gasteiger partial charge < -0.3 is 19.9 Å². The monoisotopic (exact) mass is 274 g/mol. The minimum absolute atomic E-state index is 0.358. The molecule has 0 spiro atoms. The lowest BCUT2D eigenvalue weighted by Crippen LogP contribution is -2.04. The number of methoxy groups -OCH3 is 2. The largest absolute Gasteiger partial charge is 0.497 e. The Labute approximate surface area is 118 Å². The lowest BCUT2D eigenvalue weighted by molar-refractivity contribution is 0.289. The van der Waals surface area contributed by atoms with Crippen LogP contribution in [0.4, 0.5) is 0 Å². The summed E-state index contributed by atoms with van der Waals surface area (Å²) in [6, 6.07) is 9.34. The second-order valence-electron chi connectivity index (χ2n) is 4.14. The average molecular weight is 274 g/mol. The summed E-state index contributed by atoms with van der Waals surface area (Å²) >= 11 is 0. The fourth-order valence-electron chi connectivity index (χ4n) is 1.84. The van der Waals surface area contributed by atoms with Gasteiger partial charge in [0.25, 0.3) is 0 Å². The first-order valence-corrected chi connectivity index (χ1v) is 6.26. The molecule has 1 heterocycles. The molecule has 0 aliphatic rings. The topological polar surface area (TPSA) is 66.6 Å². The predicted molar refractivity (Wildman–Crippen MR) is 76.0 cm³/mol. The number of ether oxygens (including phenoxy) is 3. The van der Waals surface area contributed by atoms with E-state index in [0.29, 0.717) is 24.8 Å². The van der Waals surface area contributed by atoms with Gasteiger partial charge in [0.2, 0.25) is 5.88 Å². The van der Waals surface area contributed by atoms with Gasteiger partial charge in [-0.05, 0) is 18.2 Å². The zero-order valence-corrected chi connectivity index (χ0v) is 11.6. The van der Waals surface area contributed by atoms with Crippen LogP contribution < -0.4 is 19.9 Å². The molecule has 0 aliphatic heterocycles. The molecule has 0 aliphatic carbocycles. The maximum Gasteiger partial charge on any atom is 0.219 e. The van der Waals surface area contributed by atoms with Gasteiger partial charge in [-0.1, -0.05) is 6.07 Å². The number of aromatic nitrogens is 1. The zero-order chi connectivity index (χ0) is 14.4. The molecule has 0 amide bonds. The Morgan fingerprint density at radius 1 is 1.10 bits per heavy atom. The third kappa shape index (κ3) is 3.19. The summed E-state index contributed by atoms with van der Waals surface area (Å²) in [4.78, 5) is 4.13. The van der Waals surface area contributed by atoms with E-state index in [9.17, 15) is 0 Å². The molecule has 5 heteroatoms. The fraction of sp³-hybridized carbons (Fsp3) is 0.267. The molecule has 2 rings (SSSR count). The summed E-state index contributed by atoms with van der Waals surface area (Å²) in [6.45, 7) is 0.765. The quantitative estimate of drug-likeness (QED) is 0.874. The molecule has 5 nitrogen and oxygen atoms in total. The standard InChI is InChI=1S/C15H18N2O3/c1-18-13-6-5-11(9-16)14(8-13)20-10-12-4-3-7-17-15(12)19-2/h3-8H,9-10,16H2,1-2H3. The van der Waals surface area contributed by atoms with Crippen molar-refractivity contribution in [2.24, 2.45) is 5.73 Å². The molecule has 1 aromatic heterocycles. The Balaban J connectivity index is 2.17. The molecule has 1 aromatic carbocycles. The van der Waals surface area contributed by atoms with E-state index in [2.05, 4.69) is 4.98 Å².